The first kappa shape index (κ1) is 21.6. The number of hydrogen-bond donors (Lipinski definition) is 2. The largest absolute Gasteiger partial charge is 0.494 e. The third kappa shape index (κ3) is 5.57. The van der Waals surface area contributed by atoms with E-state index >= 15 is 0 Å². The van der Waals surface area contributed by atoms with Crippen LogP contribution in [0.1, 0.15) is 43.0 Å². The number of sulfonamides is 1. The fourth-order valence-corrected chi connectivity index (χ4v) is 4.99. The summed E-state index contributed by atoms with van der Waals surface area (Å²) in [7, 11) is -3.77. The highest BCUT2D eigenvalue weighted by Crippen LogP contribution is 2.29. The predicted octanol–water partition coefficient (Wildman–Crippen LogP) is 3.24. The van der Waals surface area contributed by atoms with Crippen LogP contribution >= 0.6 is 0 Å². The molecule has 0 atom stereocenters. The van der Waals surface area contributed by atoms with Crippen LogP contribution in [0.3, 0.4) is 0 Å². The summed E-state index contributed by atoms with van der Waals surface area (Å²) in [6, 6.07) is 13.7. The van der Waals surface area contributed by atoms with E-state index in [9.17, 15) is 13.2 Å². The van der Waals surface area contributed by atoms with Gasteiger partial charge in [0, 0.05) is 36.4 Å². The van der Waals surface area contributed by atoms with Gasteiger partial charge in [0.15, 0.2) is 0 Å². The summed E-state index contributed by atoms with van der Waals surface area (Å²) in [6.07, 6.45) is 4.51. The van der Waals surface area contributed by atoms with Gasteiger partial charge in [-0.2, -0.15) is 0 Å². The summed E-state index contributed by atoms with van der Waals surface area (Å²) in [6.45, 7) is 4.43. The van der Waals surface area contributed by atoms with Gasteiger partial charge < -0.3 is 15.0 Å². The third-order valence-corrected chi connectivity index (χ3v) is 7.15. The summed E-state index contributed by atoms with van der Waals surface area (Å²) < 4.78 is 33.3. The molecule has 1 amide bonds. The van der Waals surface area contributed by atoms with Crippen LogP contribution in [-0.4, -0.2) is 51.0 Å². The molecule has 0 bridgehead atoms. The quantitative estimate of drug-likeness (QED) is 0.654. The van der Waals surface area contributed by atoms with Gasteiger partial charge in [-0.3, -0.25) is 9.52 Å². The van der Waals surface area contributed by atoms with Crippen LogP contribution in [0.25, 0.3) is 0 Å². The van der Waals surface area contributed by atoms with Gasteiger partial charge in [-0.25, -0.2) is 8.42 Å². The van der Waals surface area contributed by atoms with Crippen molar-refractivity contribution in [3.63, 3.8) is 0 Å². The number of benzene rings is 2. The zero-order valence-corrected chi connectivity index (χ0v) is 18.5. The Balaban J connectivity index is 1.37. The maximum Gasteiger partial charge on any atom is 0.261 e. The first-order chi connectivity index (χ1) is 14.9. The van der Waals surface area contributed by atoms with Gasteiger partial charge in [-0.15, -0.1) is 0 Å². The molecule has 7 nitrogen and oxygen atoms in total. The Morgan fingerprint density at radius 2 is 1.77 bits per heavy atom. The maximum absolute atomic E-state index is 12.7. The molecule has 166 valence electrons. The molecule has 1 saturated carbocycles. The Bertz CT molecular complexity index is 1010. The van der Waals surface area contributed by atoms with Crippen molar-refractivity contribution in [2.24, 2.45) is 0 Å². The van der Waals surface area contributed by atoms with Crippen LogP contribution in [0.4, 0.5) is 5.69 Å². The fourth-order valence-electron chi connectivity index (χ4n) is 3.94. The second-order valence-corrected chi connectivity index (χ2v) is 9.79. The van der Waals surface area contributed by atoms with E-state index in [1.807, 2.05) is 6.92 Å². The minimum Gasteiger partial charge on any atom is -0.494 e. The first-order valence-corrected chi connectivity index (χ1v) is 12.3. The number of piperidine rings is 1. The van der Waals surface area contributed by atoms with Gasteiger partial charge in [0.2, 0.25) is 0 Å². The van der Waals surface area contributed by atoms with Crippen molar-refractivity contribution in [1.29, 1.82) is 0 Å². The molecule has 1 aliphatic carbocycles. The Morgan fingerprint density at radius 3 is 2.42 bits per heavy atom. The molecule has 2 aromatic rings. The number of carbonyl (C=O) groups excluding carboxylic acids is 1. The molecule has 2 fully saturated rings. The lowest BCUT2D eigenvalue weighted by atomic mass is 10.0. The number of anilines is 1. The average molecular weight is 444 g/mol. The topological polar surface area (TPSA) is 87.7 Å². The fraction of sp³-hybridized carbons (Fsp3) is 0.435. The van der Waals surface area contributed by atoms with Crippen LogP contribution in [0, 0.1) is 0 Å². The Labute approximate surface area is 183 Å². The highest BCUT2D eigenvalue weighted by Gasteiger charge is 2.32. The molecule has 2 aromatic carbocycles. The Hall–Kier alpha value is -2.58. The highest BCUT2D eigenvalue weighted by molar-refractivity contribution is 7.92. The summed E-state index contributed by atoms with van der Waals surface area (Å²) >= 11 is 0. The van der Waals surface area contributed by atoms with Crippen molar-refractivity contribution in [3.05, 3.63) is 54.1 Å². The van der Waals surface area contributed by atoms with E-state index in [1.165, 1.54) is 25.0 Å². The number of nitrogens with one attached hydrogen (secondary N) is 2. The molecular weight excluding hydrogens is 414 g/mol. The number of ether oxygens (including phenoxy) is 1. The van der Waals surface area contributed by atoms with E-state index in [0.29, 0.717) is 23.6 Å². The summed E-state index contributed by atoms with van der Waals surface area (Å²) in [5, 5.41) is 3.10. The Morgan fingerprint density at radius 1 is 1.06 bits per heavy atom. The number of rotatable bonds is 8. The average Bonchev–Trinajstić information content (AvgIpc) is 3.60. The predicted molar refractivity (Wildman–Crippen MR) is 120 cm³/mol. The molecule has 8 heteroatoms. The smallest absolute Gasteiger partial charge is 0.261 e. The van der Waals surface area contributed by atoms with Crippen LogP contribution in [0.2, 0.25) is 0 Å². The van der Waals surface area contributed by atoms with Gasteiger partial charge in [0.05, 0.1) is 11.5 Å². The summed E-state index contributed by atoms with van der Waals surface area (Å²) in [5.41, 5.74) is 0.793. The first-order valence-electron chi connectivity index (χ1n) is 10.9. The van der Waals surface area contributed by atoms with E-state index in [2.05, 4.69) is 14.9 Å². The molecule has 1 heterocycles. The van der Waals surface area contributed by atoms with Gasteiger partial charge in [0.25, 0.3) is 15.9 Å². The molecule has 1 saturated heterocycles. The van der Waals surface area contributed by atoms with Crippen LogP contribution in [0.15, 0.2) is 53.4 Å². The van der Waals surface area contributed by atoms with E-state index in [0.717, 1.165) is 32.0 Å². The molecule has 31 heavy (non-hydrogen) atoms. The minimum atomic E-state index is -3.77. The van der Waals surface area contributed by atoms with Gasteiger partial charge in [0.1, 0.15) is 5.75 Å². The van der Waals surface area contributed by atoms with Gasteiger partial charge >= 0.3 is 0 Å². The van der Waals surface area contributed by atoms with Gasteiger partial charge in [-0.1, -0.05) is 6.07 Å². The van der Waals surface area contributed by atoms with Crippen LogP contribution in [0.5, 0.6) is 5.75 Å². The molecule has 2 N–H and O–H groups in total. The van der Waals surface area contributed by atoms with Crippen LogP contribution < -0.4 is 14.8 Å². The van der Waals surface area contributed by atoms with E-state index in [4.69, 9.17) is 4.74 Å². The lowest BCUT2D eigenvalue weighted by molar-refractivity contribution is 0.0909. The third-order valence-electron chi connectivity index (χ3n) is 5.75. The molecule has 0 aromatic heterocycles. The monoisotopic (exact) mass is 443 g/mol. The number of likely N-dealkylation sites (tertiary alicyclic amines) is 1. The number of nitrogens with zero attached hydrogens (tertiary/aromatic N) is 1. The molecular formula is C23H29N3O4S. The van der Waals surface area contributed by atoms with Gasteiger partial charge in [-0.05, 0) is 75.1 Å². The number of carbonyl (C=O) groups is 1. The lowest BCUT2D eigenvalue weighted by Crippen LogP contribution is -2.45. The molecule has 4 rings (SSSR count). The van der Waals surface area contributed by atoms with E-state index < -0.39 is 10.0 Å². The van der Waals surface area contributed by atoms with E-state index in [1.54, 1.807) is 36.4 Å². The van der Waals surface area contributed by atoms with Crippen molar-refractivity contribution < 1.29 is 17.9 Å². The minimum absolute atomic E-state index is 0.133. The maximum atomic E-state index is 12.7. The zero-order chi connectivity index (χ0) is 21.8. The second kappa shape index (κ2) is 9.28. The van der Waals surface area contributed by atoms with Crippen LogP contribution in [-0.2, 0) is 10.0 Å². The number of hydrogen-bond acceptors (Lipinski definition) is 5. The molecule has 0 unspecified atom stereocenters. The molecule has 2 aliphatic rings. The summed E-state index contributed by atoms with van der Waals surface area (Å²) in [5.74, 6) is 0.440. The van der Waals surface area contributed by atoms with Crippen molar-refractivity contribution in [2.45, 2.75) is 49.6 Å². The summed E-state index contributed by atoms with van der Waals surface area (Å²) in [4.78, 5) is 15.4. The normalized spacial score (nSPS) is 17.8. The highest BCUT2D eigenvalue weighted by atomic mass is 32.2. The van der Waals surface area contributed by atoms with Crippen molar-refractivity contribution in [2.75, 3.05) is 24.4 Å². The molecule has 1 aliphatic heterocycles. The number of amides is 1. The Kier molecular flexibility index (Phi) is 6.48. The van der Waals surface area contributed by atoms with Crippen molar-refractivity contribution >= 4 is 21.6 Å². The second-order valence-electron chi connectivity index (χ2n) is 8.11. The van der Waals surface area contributed by atoms with Crippen molar-refractivity contribution in [3.8, 4) is 5.75 Å². The van der Waals surface area contributed by atoms with Crippen molar-refractivity contribution in [1.82, 2.24) is 10.2 Å². The molecule has 0 spiro atoms. The lowest BCUT2D eigenvalue weighted by Gasteiger charge is -2.32. The molecule has 0 radical (unpaired) electrons. The zero-order valence-electron chi connectivity index (χ0n) is 17.7. The van der Waals surface area contributed by atoms with E-state index in [-0.39, 0.29) is 16.8 Å². The SMILES string of the molecule is CCOc1ccc(S(=O)(=O)Nc2cccc(C(=O)NC3CCN(C4CC4)CC3)c2)cc1. The standard InChI is InChI=1S/C23H29N3O4S/c1-2-30-21-8-10-22(11-9-21)31(28,29)25-19-5-3-4-17(16-19)23(27)24-18-12-14-26(15-13-18)20-6-7-20/h3-5,8-11,16,18,20,25H,2,6-7,12-15H2,1H3,(H,24,27).